The van der Waals surface area contributed by atoms with Gasteiger partial charge in [0, 0.05) is 23.9 Å². The molecule has 0 spiro atoms. The lowest BCUT2D eigenvalue weighted by Crippen LogP contribution is -2.22. The van der Waals surface area contributed by atoms with Crippen molar-refractivity contribution in [2.24, 2.45) is 0 Å². The van der Waals surface area contributed by atoms with E-state index >= 15 is 0 Å². The number of benzene rings is 2. The number of nitrogens with zero attached hydrogens (tertiary/aromatic N) is 2. The molecule has 4 rings (SSSR count). The summed E-state index contributed by atoms with van der Waals surface area (Å²) in [6, 6.07) is 22.3. The van der Waals surface area contributed by atoms with Crippen molar-refractivity contribution >= 4 is 17.2 Å². The summed E-state index contributed by atoms with van der Waals surface area (Å²) in [4.78, 5) is 13.3. The number of hydrogen-bond acceptors (Lipinski definition) is 3. The third kappa shape index (κ3) is 4.05. The Morgan fingerprint density at radius 2 is 1.75 bits per heavy atom. The Morgan fingerprint density at radius 1 is 1.04 bits per heavy atom. The summed E-state index contributed by atoms with van der Waals surface area (Å²) in [5.74, 6) is -0.0395. The number of rotatable bonds is 6. The van der Waals surface area contributed by atoms with Gasteiger partial charge in [-0.3, -0.25) is 9.48 Å². The van der Waals surface area contributed by atoms with E-state index in [2.05, 4.69) is 17.4 Å². The lowest BCUT2D eigenvalue weighted by atomic mass is 10.1. The molecule has 4 aromatic rings. The third-order valence-electron chi connectivity index (χ3n) is 4.58. The first kappa shape index (κ1) is 18.2. The molecule has 0 saturated carbocycles. The Labute approximate surface area is 168 Å². The van der Waals surface area contributed by atoms with Crippen LogP contribution in [0.1, 0.15) is 26.4 Å². The highest BCUT2D eigenvalue weighted by atomic mass is 32.1. The van der Waals surface area contributed by atoms with Gasteiger partial charge in [-0.1, -0.05) is 60.7 Å². The maximum Gasteiger partial charge on any atom is 0.261 e. The van der Waals surface area contributed by atoms with Gasteiger partial charge in [-0.05, 0) is 29.5 Å². The van der Waals surface area contributed by atoms with Gasteiger partial charge >= 0.3 is 0 Å². The minimum atomic E-state index is -0.0395. The maximum atomic E-state index is 12.5. The van der Waals surface area contributed by atoms with Gasteiger partial charge in [-0.15, -0.1) is 11.3 Å². The molecule has 0 aliphatic rings. The molecule has 0 bridgehead atoms. The van der Waals surface area contributed by atoms with Crippen molar-refractivity contribution in [2.75, 3.05) is 0 Å². The molecule has 0 fully saturated rings. The van der Waals surface area contributed by atoms with Gasteiger partial charge in [0.25, 0.3) is 5.91 Å². The van der Waals surface area contributed by atoms with Gasteiger partial charge in [-0.2, -0.15) is 5.10 Å². The van der Waals surface area contributed by atoms with Gasteiger partial charge in [0.05, 0.1) is 17.1 Å². The summed E-state index contributed by atoms with van der Waals surface area (Å²) in [6.45, 7) is 3.09. The number of aromatic nitrogens is 2. The third-order valence-corrected chi connectivity index (χ3v) is 5.60. The number of thiophene rings is 1. The number of aryl methyl sites for hydroxylation is 1. The van der Waals surface area contributed by atoms with Crippen molar-refractivity contribution < 1.29 is 4.79 Å². The second kappa shape index (κ2) is 8.23. The molecule has 1 amide bonds. The molecular formula is C23H21N3OS. The number of hydrogen-bond donors (Lipinski definition) is 1. The van der Waals surface area contributed by atoms with Crippen molar-refractivity contribution in [3.63, 3.8) is 0 Å². The first-order valence-corrected chi connectivity index (χ1v) is 10.1. The Kier molecular flexibility index (Phi) is 5.35. The average Bonchev–Trinajstić information content (AvgIpc) is 3.33. The monoisotopic (exact) mass is 387 g/mol. The highest BCUT2D eigenvalue weighted by molar-refractivity contribution is 7.12. The molecule has 2 aromatic heterocycles. The summed E-state index contributed by atoms with van der Waals surface area (Å²) >= 11 is 1.47. The number of amides is 1. The summed E-state index contributed by atoms with van der Waals surface area (Å²) in [6.07, 6.45) is 2.02. The first-order chi connectivity index (χ1) is 13.7. The van der Waals surface area contributed by atoms with Crippen molar-refractivity contribution in [3.8, 4) is 11.3 Å². The highest BCUT2D eigenvalue weighted by Crippen LogP contribution is 2.23. The van der Waals surface area contributed by atoms with E-state index in [1.54, 1.807) is 0 Å². The maximum absolute atomic E-state index is 12.5. The van der Waals surface area contributed by atoms with E-state index in [0.717, 1.165) is 27.3 Å². The first-order valence-electron chi connectivity index (χ1n) is 9.18. The zero-order chi connectivity index (χ0) is 19.3. The van der Waals surface area contributed by atoms with E-state index in [1.165, 1.54) is 16.9 Å². The predicted molar refractivity (Wildman–Crippen MR) is 113 cm³/mol. The van der Waals surface area contributed by atoms with Gasteiger partial charge in [0.2, 0.25) is 0 Å². The van der Waals surface area contributed by atoms with Gasteiger partial charge in [0.1, 0.15) is 0 Å². The summed E-state index contributed by atoms with van der Waals surface area (Å²) in [7, 11) is 0. The molecule has 0 aliphatic carbocycles. The lowest BCUT2D eigenvalue weighted by molar-refractivity contribution is 0.0954. The molecule has 0 aliphatic heterocycles. The van der Waals surface area contributed by atoms with Crippen molar-refractivity contribution in [1.29, 1.82) is 0 Å². The number of carbonyl (C=O) groups excluding carboxylic acids is 1. The van der Waals surface area contributed by atoms with E-state index in [1.807, 2.05) is 77.8 Å². The Morgan fingerprint density at radius 3 is 2.43 bits per heavy atom. The number of carbonyl (C=O) groups is 1. The second-order valence-corrected chi connectivity index (χ2v) is 7.58. The van der Waals surface area contributed by atoms with Crippen molar-refractivity contribution in [1.82, 2.24) is 15.1 Å². The smallest absolute Gasteiger partial charge is 0.261 e. The summed E-state index contributed by atoms with van der Waals surface area (Å²) in [5.41, 5.74) is 5.15. The molecule has 1 N–H and O–H groups in total. The lowest BCUT2D eigenvalue weighted by Gasteiger charge is -2.05. The van der Waals surface area contributed by atoms with E-state index in [0.29, 0.717) is 13.1 Å². The molecule has 0 saturated heterocycles. The summed E-state index contributed by atoms with van der Waals surface area (Å²) in [5, 5.41) is 9.79. The molecule has 140 valence electrons. The van der Waals surface area contributed by atoms with Crippen LogP contribution < -0.4 is 5.32 Å². The largest absolute Gasteiger partial charge is 0.347 e. The normalized spacial score (nSPS) is 10.8. The highest BCUT2D eigenvalue weighted by Gasteiger charge is 2.15. The van der Waals surface area contributed by atoms with Crippen LogP contribution in [0.5, 0.6) is 0 Å². The minimum absolute atomic E-state index is 0.0395. The van der Waals surface area contributed by atoms with Gasteiger partial charge in [-0.25, -0.2) is 0 Å². The minimum Gasteiger partial charge on any atom is -0.347 e. The fourth-order valence-corrected chi connectivity index (χ4v) is 3.99. The standard InChI is InChI=1S/C23H21N3OS/c1-17-12-13-28-22(17)23(27)24-14-20-16-26(15-18-8-4-2-5-9-18)25-21(20)19-10-6-3-7-11-19/h2-13,16H,14-15H2,1H3,(H,24,27). The zero-order valence-corrected chi connectivity index (χ0v) is 16.4. The van der Waals surface area contributed by atoms with Crippen LogP contribution in [0.15, 0.2) is 78.3 Å². The van der Waals surface area contributed by atoms with Gasteiger partial charge < -0.3 is 5.32 Å². The Hall–Kier alpha value is -3.18. The van der Waals surface area contributed by atoms with Crippen LogP contribution in [-0.4, -0.2) is 15.7 Å². The molecular weight excluding hydrogens is 366 g/mol. The van der Waals surface area contributed by atoms with E-state index in [-0.39, 0.29) is 5.91 Å². The molecule has 0 unspecified atom stereocenters. The Bertz CT molecular complexity index is 1070. The fraction of sp³-hybridized carbons (Fsp3) is 0.130. The molecule has 2 heterocycles. The average molecular weight is 388 g/mol. The molecule has 0 radical (unpaired) electrons. The molecule has 0 atom stereocenters. The molecule has 4 nitrogen and oxygen atoms in total. The molecule has 5 heteroatoms. The van der Waals surface area contributed by atoms with E-state index in [4.69, 9.17) is 5.10 Å². The number of nitrogens with one attached hydrogen (secondary N) is 1. The molecule has 2 aromatic carbocycles. The quantitative estimate of drug-likeness (QED) is 0.512. The van der Waals surface area contributed by atoms with E-state index in [9.17, 15) is 4.79 Å². The van der Waals surface area contributed by atoms with Gasteiger partial charge in [0.15, 0.2) is 0 Å². The SMILES string of the molecule is Cc1ccsc1C(=O)NCc1cn(Cc2ccccc2)nc1-c1ccccc1. The van der Waals surface area contributed by atoms with Crippen molar-refractivity contribution in [3.05, 3.63) is 99.9 Å². The van der Waals surface area contributed by atoms with Crippen LogP contribution in [0.3, 0.4) is 0 Å². The molecule has 28 heavy (non-hydrogen) atoms. The van der Waals surface area contributed by atoms with Crippen LogP contribution in [0.25, 0.3) is 11.3 Å². The van der Waals surface area contributed by atoms with Crippen LogP contribution in [-0.2, 0) is 13.1 Å². The van der Waals surface area contributed by atoms with Crippen LogP contribution in [0, 0.1) is 6.92 Å². The topological polar surface area (TPSA) is 46.9 Å². The fourth-order valence-electron chi connectivity index (χ4n) is 3.14. The van der Waals surface area contributed by atoms with Crippen LogP contribution >= 0.6 is 11.3 Å². The predicted octanol–water partition coefficient (Wildman–Crippen LogP) is 4.90. The zero-order valence-electron chi connectivity index (χ0n) is 15.6. The summed E-state index contributed by atoms with van der Waals surface area (Å²) < 4.78 is 1.94. The van der Waals surface area contributed by atoms with Crippen molar-refractivity contribution in [2.45, 2.75) is 20.0 Å². The van der Waals surface area contributed by atoms with Crippen LogP contribution in [0.4, 0.5) is 0 Å². The van der Waals surface area contributed by atoms with Crippen LogP contribution in [0.2, 0.25) is 0 Å². The second-order valence-electron chi connectivity index (χ2n) is 6.67. The van der Waals surface area contributed by atoms with E-state index < -0.39 is 0 Å². The Balaban J connectivity index is 1.59.